The molecule has 1 aliphatic carbocycles. The molecule has 2 aliphatic rings. The van der Waals surface area contributed by atoms with Crippen molar-refractivity contribution < 1.29 is 14.7 Å². The SMILES string of the molecule is O=C(NC1CC(C(=O)O)N(CC2CCCCC2)C1)c1ccc2ccccc2c1. The summed E-state index contributed by atoms with van der Waals surface area (Å²) in [4.78, 5) is 26.6. The van der Waals surface area contributed by atoms with Crippen molar-refractivity contribution in [2.45, 2.75) is 50.6 Å². The third-order valence-electron chi connectivity index (χ3n) is 6.25. The Labute approximate surface area is 165 Å². The largest absolute Gasteiger partial charge is 0.480 e. The van der Waals surface area contributed by atoms with Gasteiger partial charge in [0.15, 0.2) is 0 Å². The number of rotatable bonds is 5. The molecule has 0 radical (unpaired) electrons. The minimum Gasteiger partial charge on any atom is -0.480 e. The van der Waals surface area contributed by atoms with Crippen LogP contribution >= 0.6 is 0 Å². The van der Waals surface area contributed by atoms with Crippen LogP contribution in [-0.4, -0.2) is 47.1 Å². The molecular weight excluding hydrogens is 352 g/mol. The standard InChI is InChI=1S/C23H28N2O3/c26-22(19-11-10-17-8-4-5-9-18(17)12-19)24-20-13-21(23(27)28)25(15-20)14-16-6-2-1-3-7-16/h4-5,8-12,16,20-21H,1-3,6-7,13-15H2,(H,24,26)(H,27,28). The molecule has 0 bridgehead atoms. The molecular formula is C23H28N2O3. The number of carbonyl (C=O) groups excluding carboxylic acids is 1. The third kappa shape index (κ3) is 4.20. The zero-order valence-electron chi connectivity index (χ0n) is 16.1. The van der Waals surface area contributed by atoms with Gasteiger partial charge < -0.3 is 10.4 Å². The maximum absolute atomic E-state index is 12.7. The highest BCUT2D eigenvalue weighted by atomic mass is 16.4. The number of carboxylic acid groups (broad SMARTS) is 1. The van der Waals surface area contributed by atoms with Crippen LogP contribution in [0.15, 0.2) is 42.5 Å². The van der Waals surface area contributed by atoms with Crippen molar-refractivity contribution in [3.8, 4) is 0 Å². The van der Waals surface area contributed by atoms with E-state index in [1.807, 2.05) is 42.5 Å². The molecule has 2 aromatic rings. The van der Waals surface area contributed by atoms with E-state index in [-0.39, 0.29) is 11.9 Å². The first-order chi connectivity index (χ1) is 13.6. The number of carboxylic acids is 1. The number of benzene rings is 2. The summed E-state index contributed by atoms with van der Waals surface area (Å²) < 4.78 is 0. The van der Waals surface area contributed by atoms with E-state index < -0.39 is 12.0 Å². The van der Waals surface area contributed by atoms with Gasteiger partial charge in [0.25, 0.3) is 5.91 Å². The van der Waals surface area contributed by atoms with Gasteiger partial charge in [0.2, 0.25) is 0 Å². The molecule has 2 fully saturated rings. The Hall–Kier alpha value is -2.40. The van der Waals surface area contributed by atoms with Gasteiger partial charge in [0.05, 0.1) is 0 Å². The summed E-state index contributed by atoms with van der Waals surface area (Å²) in [6, 6.07) is 13.0. The number of hydrogen-bond donors (Lipinski definition) is 2. The molecule has 5 nitrogen and oxygen atoms in total. The van der Waals surface area contributed by atoms with Gasteiger partial charge in [-0.2, -0.15) is 0 Å². The Balaban J connectivity index is 1.41. The normalized spacial score (nSPS) is 23.7. The Morgan fingerprint density at radius 1 is 1.04 bits per heavy atom. The summed E-state index contributed by atoms with van der Waals surface area (Å²) in [5.41, 5.74) is 0.622. The summed E-state index contributed by atoms with van der Waals surface area (Å²) in [5, 5.41) is 14.8. The van der Waals surface area contributed by atoms with Crippen LogP contribution in [0.5, 0.6) is 0 Å². The number of hydrogen-bond acceptors (Lipinski definition) is 3. The molecule has 4 rings (SSSR count). The Bertz CT molecular complexity index is 860. The number of nitrogens with zero attached hydrogens (tertiary/aromatic N) is 1. The highest BCUT2D eigenvalue weighted by Gasteiger charge is 2.38. The van der Waals surface area contributed by atoms with Crippen molar-refractivity contribution in [1.82, 2.24) is 10.2 Å². The highest BCUT2D eigenvalue weighted by Crippen LogP contribution is 2.28. The highest BCUT2D eigenvalue weighted by molar-refractivity contribution is 5.98. The molecule has 2 aromatic carbocycles. The fourth-order valence-corrected chi connectivity index (χ4v) is 4.77. The summed E-state index contributed by atoms with van der Waals surface area (Å²) in [7, 11) is 0. The van der Waals surface area contributed by atoms with Gasteiger partial charge in [-0.1, -0.05) is 49.6 Å². The van der Waals surface area contributed by atoms with Gasteiger partial charge in [0.1, 0.15) is 6.04 Å². The second-order valence-electron chi connectivity index (χ2n) is 8.28. The van der Waals surface area contributed by atoms with Gasteiger partial charge in [-0.3, -0.25) is 14.5 Å². The average Bonchev–Trinajstić information content (AvgIpc) is 3.10. The molecule has 5 heteroatoms. The first-order valence-corrected chi connectivity index (χ1v) is 10.4. The number of likely N-dealkylation sites (tertiary alicyclic amines) is 1. The molecule has 0 spiro atoms. The zero-order valence-corrected chi connectivity index (χ0v) is 16.1. The van der Waals surface area contributed by atoms with Crippen molar-refractivity contribution in [2.75, 3.05) is 13.1 Å². The molecule has 2 atom stereocenters. The molecule has 1 heterocycles. The maximum Gasteiger partial charge on any atom is 0.321 e. The molecule has 28 heavy (non-hydrogen) atoms. The Kier molecular flexibility index (Phi) is 5.62. The van der Waals surface area contributed by atoms with Crippen LogP contribution in [-0.2, 0) is 4.79 Å². The van der Waals surface area contributed by atoms with Crippen molar-refractivity contribution >= 4 is 22.6 Å². The fraction of sp³-hybridized carbons (Fsp3) is 0.478. The molecule has 1 saturated carbocycles. The number of nitrogens with one attached hydrogen (secondary N) is 1. The smallest absolute Gasteiger partial charge is 0.321 e. The molecule has 148 valence electrons. The first kappa shape index (κ1) is 18.9. The lowest BCUT2D eigenvalue weighted by molar-refractivity contribution is -0.142. The van der Waals surface area contributed by atoms with Crippen molar-refractivity contribution in [2.24, 2.45) is 5.92 Å². The van der Waals surface area contributed by atoms with Gasteiger partial charge in [0, 0.05) is 24.7 Å². The molecule has 0 aromatic heterocycles. The van der Waals surface area contributed by atoms with Gasteiger partial charge in [-0.15, -0.1) is 0 Å². The Morgan fingerprint density at radius 2 is 1.79 bits per heavy atom. The lowest BCUT2D eigenvalue weighted by Gasteiger charge is -2.29. The summed E-state index contributed by atoms with van der Waals surface area (Å²) in [5.74, 6) is -0.316. The van der Waals surface area contributed by atoms with E-state index >= 15 is 0 Å². The number of amides is 1. The van der Waals surface area contributed by atoms with Crippen LogP contribution in [0, 0.1) is 5.92 Å². The topological polar surface area (TPSA) is 69.6 Å². The second kappa shape index (κ2) is 8.31. The van der Waals surface area contributed by atoms with Gasteiger partial charge in [-0.05, 0) is 48.1 Å². The number of fused-ring (bicyclic) bond motifs is 1. The molecule has 2 N–H and O–H groups in total. The monoisotopic (exact) mass is 380 g/mol. The number of aliphatic carboxylic acids is 1. The van der Waals surface area contributed by atoms with Gasteiger partial charge >= 0.3 is 5.97 Å². The van der Waals surface area contributed by atoms with E-state index in [2.05, 4.69) is 10.2 Å². The molecule has 1 aliphatic heterocycles. The predicted octanol–water partition coefficient (Wildman–Crippen LogP) is 3.68. The fourth-order valence-electron chi connectivity index (χ4n) is 4.77. The van der Waals surface area contributed by atoms with Crippen LogP contribution in [0.3, 0.4) is 0 Å². The second-order valence-corrected chi connectivity index (χ2v) is 8.28. The van der Waals surface area contributed by atoms with Crippen molar-refractivity contribution in [1.29, 1.82) is 0 Å². The average molecular weight is 380 g/mol. The van der Waals surface area contributed by atoms with E-state index in [1.54, 1.807) is 0 Å². The lowest BCUT2D eigenvalue weighted by Crippen LogP contribution is -2.40. The van der Waals surface area contributed by atoms with E-state index in [9.17, 15) is 14.7 Å². The van der Waals surface area contributed by atoms with E-state index in [0.717, 1.165) is 17.3 Å². The number of carbonyl (C=O) groups is 2. The van der Waals surface area contributed by atoms with Crippen LogP contribution in [0.1, 0.15) is 48.9 Å². The summed E-state index contributed by atoms with van der Waals surface area (Å²) in [6.45, 7) is 1.45. The first-order valence-electron chi connectivity index (χ1n) is 10.4. The molecule has 1 amide bonds. The quantitative estimate of drug-likeness (QED) is 0.830. The summed E-state index contributed by atoms with van der Waals surface area (Å²) >= 11 is 0. The van der Waals surface area contributed by atoms with Crippen LogP contribution < -0.4 is 5.32 Å². The van der Waals surface area contributed by atoms with Crippen molar-refractivity contribution in [3.63, 3.8) is 0 Å². The molecule has 2 unspecified atom stereocenters. The Morgan fingerprint density at radius 3 is 2.54 bits per heavy atom. The predicted molar refractivity (Wildman–Crippen MR) is 109 cm³/mol. The van der Waals surface area contributed by atoms with Crippen LogP contribution in [0.25, 0.3) is 10.8 Å². The molecule has 1 saturated heterocycles. The van der Waals surface area contributed by atoms with Crippen LogP contribution in [0.2, 0.25) is 0 Å². The van der Waals surface area contributed by atoms with E-state index in [4.69, 9.17) is 0 Å². The van der Waals surface area contributed by atoms with Crippen molar-refractivity contribution in [3.05, 3.63) is 48.0 Å². The zero-order chi connectivity index (χ0) is 19.5. The van der Waals surface area contributed by atoms with E-state index in [0.29, 0.717) is 24.4 Å². The van der Waals surface area contributed by atoms with Crippen LogP contribution in [0.4, 0.5) is 0 Å². The van der Waals surface area contributed by atoms with E-state index in [1.165, 1.54) is 32.1 Å². The minimum atomic E-state index is -0.779. The maximum atomic E-state index is 12.7. The van der Waals surface area contributed by atoms with Gasteiger partial charge in [-0.25, -0.2) is 0 Å². The lowest BCUT2D eigenvalue weighted by atomic mass is 9.89. The minimum absolute atomic E-state index is 0.122. The summed E-state index contributed by atoms with van der Waals surface area (Å²) in [6.07, 6.45) is 6.65. The third-order valence-corrected chi connectivity index (χ3v) is 6.25.